The number of furan rings is 1. The van der Waals surface area contributed by atoms with Crippen LogP contribution in [0.15, 0.2) is 34.3 Å². The van der Waals surface area contributed by atoms with E-state index in [1.807, 2.05) is 18.4 Å². The number of nitrogens with one attached hydrogen (secondary N) is 2. The van der Waals surface area contributed by atoms with Crippen molar-refractivity contribution in [3.05, 3.63) is 46.3 Å². The second-order valence-corrected chi connectivity index (χ2v) is 10.6. The molecular weight excluding hydrogens is 460 g/mol. The highest BCUT2D eigenvalue weighted by molar-refractivity contribution is 7.09. The van der Waals surface area contributed by atoms with Crippen LogP contribution in [-0.4, -0.2) is 37.2 Å². The lowest BCUT2D eigenvalue weighted by atomic mass is 9.86. The van der Waals surface area contributed by atoms with E-state index in [0.29, 0.717) is 12.5 Å². The Balaban J connectivity index is 1.56. The maximum atomic E-state index is 9.85. The first-order valence-corrected chi connectivity index (χ1v) is 13.1. The van der Waals surface area contributed by atoms with Gasteiger partial charge in [0, 0.05) is 34.8 Å². The average molecular weight is 493 g/mol. The summed E-state index contributed by atoms with van der Waals surface area (Å²) in [6.07, 6.45) is 6.38. The molecule has 1 fully saturated rings. The van der Waals surface area contributed by atoms with Crippen LogP contribution in [0.1, 0.15) is 50.0 Å². The first-order chi connectivity index (χ1) is 16.9. The quantitative estimate of drug-likeness (QED) is 0.299. The van der Waals surface area contributed by atoms with E-state index in [1.165, 1.54) is 0 Å². The molecule has 1 aliphatic rings. The molecule has 0 aliphatic heterocycles. The van der Waals surface area contributed by atoms with E-state index in [4.69, 9.17) is 14.4 Å². The maximum Gasteiger partial charge on any atom is 0.225 e. The summed E-state index contributed by atoms with van der Waals surface area (Å²) in [4.78, 5) is 18.5. The van der Waals surface area contributed by atoms with Crippen molar-refractivity contribution in [3.8, 4) is 11.3 Å². The summed E-state index contributed by atoms with van der Waals surface area (Å²) in [5.74, 6) is 2.55. The van der Waals surface area contributed by atoms with Crippen molar-refractivity contribution < 1.29 is 9.52 Å². The zero-order valence-electron chi connectivity index (χ0n) is 20.6. The summed E-state index contributed by atoms with van der Waals surface area (Å²) < 4.78 is 6.25. The van der Waals surface area contributed by atoms with Gasteiger partial charge in [-0.25, -0.2) is 9.97 Å². The van der Waals surface area contributed by atoms with Crippen molar-refractivity contribution in [1.29, 1.82) is 0 Å². The van der Waals surface area contributed by atoms with Gasteiger partial charge in [-0.2, -0.15) is 4.98 Å². The van der Waals surface area contributed by atoms with Gasteiger partial charge in [0.1, 0.15) is 16.6 Å². The number of aromatic nitrogens is 4. The molecule has 3 atom stereocenters. The molecular formula is C26H32N6O2S. The Morgan fingerprint density at radius 2 is 2.11 bits per heavy atom. The van der Waals surface area contributed by atoms with Crippen LogP contribution in [-0.2, 0) is 13.0 Å². The van der Waals surface area contributed by atoms with Crippen LogP contribution >= 0.6 is 11.3 Å². The minimum atomic E-state index is -0.210. The third-order valence-corrected chi connectivity index (χ3v) is 8.21. The minimum absolute atomic E-state index is 0.199. The molecule has 184 valence electrons. The van der Waals surface area contributed by atoms with E-state index in [1.54, 1.807) is 23.7 Å². The van der Waals surface area contributed by atoms with E-state index in [2.05, 4.69) is 47.4 Å². The van der Waals surface area contributed by atoms with E-state index in [-0.39, 0.29) is 24.0 Å². The van der Waals surface area contributed by atoms with Crippen molar-refractivity contribution in [1.82, 2.24) is 19.9 Å². The molecule has 1 saturated carbocycles. The number of pyridine rings is 1. The van der Waals surface area contributed by atoms with Crippen molar-refractivity contribution in [3.63, 3.8) is 0 Å². The molecule has 1 aliphatic carbocycles. The van der Waals surface area contributed by atoms with E-state index >= 15 is 0 Å². The summed E-state index contributed by atoms with van der Waals surface area (Å²) in [5.41, 5.74) is 3.23. The Bertz CT molecular complexity index is 1320. The first kappa shape index (κ1) is 23.7. The second kappa shape index (κ2) is 9.54. The molecule has 0 amide bonds. The highest BCUT2D eigenvalue weighted by Gasteiger charge is 2.43. The standard InChI is InChI=1S/C26H32N6O2S/c1-5-19-10-18-11-20(34-21(18)12-28-19)23-16(3)30-25(29-13-22-27-8-9-35-22)31-24(23)32-26(4)7-6-17(14-33)15(26)2/h8-12,15,17,33H,5-7,13-14H2,1-4H3,(H2,29,30,31,32). The molecule has 4 heterocycles. The number of fused-ring (bicyclic) bond motifs is 1. The number of nitrogens with zero attached hydrogens (tertiary/aromatic N) is 4. The van der Waals surface area contributed by atoms with Gasteiger partial charge in [0.05, 0.1) is 24.0 Å². The lowest BCUT2D eigenvalue weighted by Gasteiger charge is -2.33. The van der Waals surface area contributed by atoms with Crippen LogP contribution in [0.25, 0.3) is 22.3 Å². The van der Waals surface area contributed by atoms with Crippen LogP contribution in [0.4, 0.5) is 11.8 Å². The second-order valence-electron chi connectivity index (χ2n) is 9.63. The van der Waals surface area contributed by atoms with Gasteiger partial charge in [0.25, 0.3) is 0 Å². The summed E-state index contributed by atoms with van der Waals surface area (Å²) in [7, 11) is 0. The number of aliphatic hydroxyl groups is 1. The molecule has 0 bridgehead atoms. The highest BCUT2D eigenvalue weighted by atomic mass is 32.1. The zero-order valence-corrected chi connectivity index (χ0v) is 21.4. The molecule has 3 unspecified atom stereocenters. The molecule has 0 radical (unpaired) electrons. The van der Waals surface area contributed by atoms with Crippen molar-refractivity contribution in [2.75, 3.05) is 17.2 Å². The number of rotatable bonds is 8. The van der Waals surface area contributed by atoms with Gasteiger partial charge in [-0.1, -0.05) is 13.8 Å². The summed E-state index contributed by atoms with van der Waals surface area (Å²) >= 11 is 1.60. The Labute approximate surface area is 209 Å². The highest BCUT2D eigenvalue weighted by Crippen LogP contribution is 2.44. The number of aliphatic hydroxyl groups excluding tert-OH is 1. The first-order valence-electron chi connectivity index (χ1n) is 12.2. The molecule has 4 aromatic heterocycles. The normalized spacial score (nSPS) is 22.1. The smallest absolute Gasteiger partial charge is 0.225 e. The summed E-state index contributed by atoms with van der Waals surface area (Å²) in [5, 5.41) is 20.9. The van der Waals surface area contributed by atoms with Crippen molar-refractivity contribution >= 4 is 34.1 Å². The molecule has 9 heteroatoms. The fourth-order valence-electron chi connectivity index (χ4n) is 5.02. The third kappa shape index (κ3) is 4.62. The number of thiazole rings is 1. The van der Waals surface area contributed by atoms with Gasteiger partial charge in [-0.05, 0) is 57.1 Å². The lowest BCUT2D eigenvalue weighted by molar-refractivity contribution is 0.187. The zero-order chi connectivity index (χ0) is 24.6. The van der Waals surface area contributed by atoms with E-state index < -0.39 is 0 Å². The predicted octanol–water partition coefficient (Wildman–Crippen LogP) is 5.43. The number of hydrogen-bond acceptors (Lipinski definition) is 9. The largest absolute Gasteiger partial charge is 0.454 e. The molecule has 0 saturated heterocycles. The minimum Gasteiger partial charge on any atom is -0.454 e. The van der Waals surface area contributed by atoms with Crippen LogP contribution < -0.4 is 10.6 Å². The third-order valence-electron chi connectivity index (χ3n) is 7.43. The van der Waals surface area contributed by atoms with Gasteiger partial charge in [-0.3, -0.25) is 4.98 Å². The molecule has 35 heavy (non-hydrogen) atoms. The Morgan fingerprint density at radius 3 is 2.83 bits per heavy atom. The molecule has 5 rings (SSSR count). The fourth-order valence-corrected chi connectivity index (χ4v) is 5.58. The van der Waals surface area contributed by atoms with Crippen molar-refractivity contribution in [2.45, 2.75) is 59.0 Å². The predicted molar refractivity (Wildman–Crippen MR) is 140 cm³/mol. The fraction of sp³-hybridized carbons (Fsp3) is 0.462. The van der Waals surface area contributed by atoms with Gasteiger partial charge in [-0.15, -0.1) is 11.3 Å². The Morgan fingerprint density at radius 1 is 1.26 bits per heavy atom. The maximum absolute atomic E-state index is 9.85. The van der Waals surface area contributed by atoms with Gasteiger partial charge >= 0.3 is 0 Å². The average Bonchev–Trinajstić information content (AvgIpc) is 3.57. The molecule has 4 aromatic rings. The van der Waals surface area contributed by atoms with E-state index in [0.717, 1.165) is 63.8 Å². The Hall–Kier alpha value is -3.04. The number of hydrogen-bond donors (Lipinski definition) is 3. The summed E-state index contributed by atoms with van der Waals surface area (Å²) in [6, 6.07) is 4.12. The van der Waals surface area contributed by atoms with Gasteiger partial charge in [0.15, 0.2) is 5.58 Å². The van der Waals surface area contributed by atoms with Gasteiger partial charge < -0.3 is 20.2 Å². The molecule has 0 spiro atoms. The molecule has 0 aromatic carbocycles. The monoisotopic (exact) mass is 492 g/mol. The topological polar surface area (TPSA) is 109 Å². The molecule has 8 nitrogen and oxygen atoms in total. The lowest BCUT2D eigenvalue weighted by Crippen LogP contribution is -2.40. The Kier molecular flexibility index (Phi) is 6.46. The number of anilines is 2. The van der Waals surface area contributed by atoms with Crippen LogP contribution in [0.3, 0.4) is 0 Å². The van der Waals surface area contributed by atoms with Crippen molar-refractivity contribution in [2.24, 2.45) is 11.8 Å². The molecule has 3 N–H and O–H groups in total. The van der Waals surface area contributed by atoms with Gasteiger partial charge in [0.2, 0.25) is 5.95 Å². The van der Waals surface area contributed by atoms with Crippen LogP contribution in [0, 0.1) is 18.8 Å². The van der Waals surface area contributed by atoms with E-state index in [9.17, 15) is 5.11 Å². The number of aryl methyl sites for hydroxylation is 2. The summed E-state index contributed by atoms with van der Waals surface area (Å²) in [6.45, 7) is 9.26. The van der Waals surface area contributed by atoms with Crippen LogP contribution in [0.2, 0.25) is 0 Å². The SMILES string of the molecule is CCc1cc2cc(-c3c(C)nc(NCc4nccs4)nc3NC3(C)CCC(CO)C3C)oc2cn1. The van der Waals surface area contributed by atoms with Crippen LogP contribution in [0.5, 0.6) is 0 Å².